The van der Waals surface area contributed by atoms with Gasteiger partial charge in [-0.1, -0.05) is 44.2 Å². The van der Waals surface area contributed by atoms with E-state index in [4.69, 9.17) is 14.2 Å². The van der Waals surface area contributed by atoms with E-state index in [0.29, 0.717) is 30.8 Å². The van der Waals surface area contributed by atoms with Crippen LogP contribution < -0.4 is 4.74 Å². The third-order valence-electron chi connectivity index (χ3n) is 5.24. The van der Waals surface area contributed by atoms with Gasteiger partial charge in [-0.2, -0.15) is 11.8 Å². The standard InChI is InChI=1S/C28H34O6S/c1-5-6-7-24(28(31)32-16-17-35-4)18-21-8-12-23(13-9-21)27(30)33-19-22-10-14-25(15-11-22)34-26(29)20(2)3/h5,8-15,20,24H,1,6-7,16-19H2,2-4H3. The van der Waals surface area contributed by atoms with Crippen molar-refractivity contribution >= 4 is 29.7 Å². The van der Waals surface area contributed by atoms with Gasteiger partial charge in [-0.15, -0.1) is 6.58 Å². The molecule has 2 rings (SSSR count). The highest BCUT2D eigenvalue weighted by molar-refractivity contribution is 7.98. The van der Waals surface area contributed by atoms with Crippen LogP contribution in [-0.2, 0) is 32.1 Å². The first-order valence-corrected chi connectivity index (χ1v) is 13.1. The van der Waals surface area contributed by atoms with E-state index in [9.17, 15) is 14.4 Å². The molecule has 0 amide bonds. The number of carbonyl (C=O) groups excluding carboxylic acids is 3. The molecule has 0 aliphatic rings. The van der Waals surface area contributed by atoms with E-state index in [1.165, 1.54) is 0 Å². The number of thioether (sulfide) groups is 1. The molecular formula is C28H34O6S. The van der Waals surface area contributed by atoms with Gasteiger partial charge in [0.1, 0.15) is 19.0 Å². The molecule has 6 nitrogen and oxygen atoms in total. The number of carbonyl (C=O) groups is 3. The molecule has 2 aromatic carbocycles. The SMILES string of the molecule is C=CCCC(Cc1ccc(C(=O)OCc2ccc(OC(=O)C(C)C)cc2)cc1)C(=O)OCCSC. The van der Waals surface area contributed by atoms with Crippen molar-refractivity contribution in [3.8, 4) is 5.75 Å². The normalized spacial score (nSPS) is 11.5. The molecule has 0 spiro atoms. The van der Waals surface area contributed by atoms with E-state index in [1.807, 2.05) is 18.4 Å². The highest BCUT2D eigenvalue weighted by Crippen LogP contribution is 2.19. The average molecular weight is 499 g/mol. The van der Waals surface area contributed by atoms with E-state index in [0.717, 1.165) is 23.3 Å². The number of ether oxygens (including phenoxy) is 3. The first kappa shape index (κ1) is 28.2. The maximum atomic E-state index is 12.5. The number of rotatable bonds is 14. The second-order valence-electron chi connectivity index (χ2n) is 8.42. The smallest absolute Gasteiger partial charge is 0.338 e. The molecule has 188 valence electrons. The number of hydrogen-bond donors (Lipinski definition) is 0. The van der Waals surface area contributed by atoms with Crippen molar-refractivity contribution in [1.82, 2.24) is 0 Å². The molecule has 35 heavy (non-hydrogen) atoms. The lowest BCUT2D eigenvalue weighted by Crippen LogP contribution is -2.21. The highest BCUT2D eigenvalue weighted by atomic mass is 32.2. The van der Waals surface area contributed by atoms with Crippen LogP contribution >= 0.6 is 11.8 Å². The van der Waals surface area contributed by atoms with Gasteiger partial charge in [0.2, 0.25) is 0 Å². The Morgan fingerprint density at radius 3 is 2.20 bits per heavy atom. The van der Waals surface area contributed by atoms with Crippen molar-refractivity contribution in [2.45, 2.75) is 39.7 Å². The maximum absolute atomic E-state index is 12.5. The third kappa shape index (κ3) is 9.99. The van der Waals surface area contributed by atoms with Crippen molar-refractivity contribution in [2.75, 3.05) is 18.6 Å². The van der Waals surface area contributed by atoms with Gasteiger partial charge in [-0.25, -0.2) is 4.79 Å². The van der Waals surface area contributed by atoms with Gasteiger partial charge in [0.15, 0.2) is 0 Å². The van der Waals surface area contributed by atoms with Gasteiger partial charge in [-0.05, 0) is 60.9 Å². The minimum Gasteiger partial charge on any atom is -0.465 e. The van der Waals surface area contributed by atoms with Gasteiger partial charge in [-0.3, -0.25) is 9.59 Å². The predicted molar refractivity (Wildman–Crippen MR) is 138 cm³/mol. The van der Waals surface area contributed by atoms with Crippen LogP contribution in [0.2, 0.25) is 0 Å². The van der Waals surface area contributed by atoms with Gasteiger partial charge in [0, 0.05) is 5.75 Å². The fourth-order valence-corrected chi connectivity index (χ4v) is 3.40. The molecule has 2 aromatic rings. The largest absolute Gasteiger partial charge is 0.465 e. The summed E-state index contributed by atoms with van der Waals surface area (Å²) in [6, 6.07) is 13.9. The Bertz CT molecular complexity index is 966. The summed E-state index contributed by atoms with van der Waals surface area (Å²) < 4.78 is 16.0. The number of allylic oxidation sites excluding steroid dienone is 1. The van der Waals surface area contributed by atoms with Gasteiger partial charge in [0.05, 0.1) is 17.4 Å². The Kier molecular flexibility index (Phi) is 12.1. The molecule has 1 unspecified atom stereocenters. The molecule has 0 aromatic heterocycles. The summed E-state index contributed by atoms with van der Waals surface area (Å²) in [6.45, 7) is 7.78. The molecule has 0 radical (unpaired) electrons. The lowest BCUT2D eigenvalue weighted by atomic mass is 9.94. The van der Waals surface area contributed by atoms with E-state index in [-0.39, 0.29) is 30.4 Å². The summed E-state index contributed by atoms with van der Waals surface area (Å²) in [5, 5.41) is 0. The molecule has 0 fully saturated rings. The molecule has 0 saturated carbocycles. The highest BCUT2D eigenvalue weighted by Gasteiger charge is 2.20. The predicted octanol–water partition coefficient (Wildman–Crippen LogP) is 5.64. The lowest BCUT2D eigenvalue weighted by Gasteiger charge is -2.15. The van der Waals surface area contributed by atoms with Crippen molar-refractivity contribution in [3.05, 3.63) is 77.9 Å². The van der Waals surface area contributed by atoms with Crippen molar-refractivity contribution in [1.29, 1.82) is 0 Å². The van der Waals surface area contributed by atoms with Crippen LogP contribution in [0.3, 0.4) is 0 Å². The minimum atomic E-state index is -0.438. The molecular weight excluding hydrogens is 464 g/mol. The van der Waals surface area contributed by atoms with Crippen LogP contribution in [0.15, 0.2) is 61.2 Å². The van der Waals surface area contributed by atoms with Crippen molar-refractivity contribution < 1.29 is 28.6 Å². The summed E-state index contributed by atoms with van der Waals surface area (Å²) >= 11 is 1.63. The third-order valence-corrected chi connectivity index (χ3v) is 5.81. The minimum absolute atomic E-state index is 0.102. The molecule has 0 heterocycles. The Balaban J connectivity index is 1.90. The van der Waals surface area contributed by atoms with Crippen molar-refractivity contribution in [3.63, 3.8) is 0 Å². The van der Waals surface area contributed by atoms with E-state index < -0.39 is 5.97 Å². The number of esters is 3. The average Bonchev–Trinajstić information content (AvgIpc) is 2.86. The van der Waals surface area contributed by atoms with Crippen LogP contribution in [0, 0.1) is 11.8 Å². The zero-order valence-electron chi connectivity index (χ0n) is 20.7. The van der Waals surface area contributed by atoms with Gasteiger partial charge in [0.25, 0.3) is 0 Å². The zero-order chi connectivity index (χ0) is 25.6. The monoisotopic (exact) mass is 498 g/mol. The topological polar surface area (TPSA) is 78.9 Å². The molecule has 1 atom stereocenters. The summed E-state index contributed by atoms with van der Waals surface area (Å²) in [5.41, 5.74) is 2.16. The second-order valence-corrected chi connectivity index (χ2v) is 9.41. The summed E-state index contributed by atoms with van der Waals surface area (Å²) in [4.78, 5) is 36.6. The summed E-state index contributed by atoms with van der Waals surface area (Å²) in [5.74, 6) is -0.178. The molecule has 0 bridgehead atoms. The van der Waals surface area contributed by atoms with Gasteiger partial charge < -0.3 is 14.2 Å². The number of benzene rings is 2. The van der Waals surface area contributed by atoms with E-state index >= 15 is 0 Å². The van der Waals surface area contributed by atoms with Crippen molar-refractivity contribution in [2.24, 2.45) is 11.8 Å². The fourth-order valence-electron chi connectivity index (χ4n) is 3.15. The molecule has 0 aliphatic carbocycles. The Hall–Kier alpha value is -3.06. The summed E-state index contributed by atoms with van der Waals surface area (Å²) in [7, 11) is 0. The Morgan fingerprint density at radius 2 is 1.60 bits per heavy atom. The quantitative estimate of drug-likeness (QED) is 0.144. The zero-order valence-corrected chi connectivity index (χ0v) is 21.5. The first-order valence-electron chi connectivity index (χ1n) is 11.7. The van der Waals surface area contributed by atoms with Crippen LogP contribution in [0.25, 0.3) is 0 Å². The Labute approximate surface area is 212 Å². The van der Waals surface area contributed by atoms with Crippen LogP contribution in [0.5, 0.6) is 5.75 Å². The van der Waals surface area contributed by atoms with E-state index in [2.05, 4.69) is 6.58 Å². The maximum Gasteiger partial charge on any atom is 0.338 e. The number of hydrogen-bond acceptors (Lipinski definition) is 7. The Morgan fingerprint density at radius 1 is 0.943 bits per heavy atom. The molecule has 0 saturated heterocycles. The van der Waals surface area contributed by atoms with Crippen LogP contribution in [0.1, 0.15) is 48.2 Å². The molecule has 0 N–H and O–H groups in total. The molecule has 0 aliphatic heterocycles. The lowest BCUT2D eigenvalue weighted by molar-refractivity contribution is -0.148. The second kappa shape index (κ2) is 15.0. The fraction of sp³-hybridized carbons (Fsp3) is 0.393. The van der Waals surface area contributed by atoms with E-state index in [1.54, 1.807) is 68.1 Å². The van der Waals surface area contributed by atoms with Crippen LogP contribution in [-0.4, -0.2) is 36.5 Å². The molecule has 7 heteroatoms. The first-order chi connectivity index (χ1) is 16.8. The van der Waals surface area contributed by atoms with Gasteiger partial charge >= 0.3 is 17.9 Å². The van der Waals surface area contributed by atoms with Crippen LogP contribution in [0.4, 0.5) is 0 Å². The summed E-state index contributed by atoms with van der Waals surface area (Å²) in [6.07, 6.45) is 5.70.